The number of amides is 1. The van der Waals surface area contributed by atoms with E-state index in [9.17, 15) is 18.0 Å². The maximum Gasteiger partial charge on any atom is 0.272 e. The van der Waals surface area contributed by atoms with Crippen LogP contribution in [-0.4, -0.2) is 38.0 Å². The van der Waals surface area contributed by atoms with Gasteiger partial charge in [0.2, 0.25) is 10.0 Å². The minimum atomic E-state index is -3.44. The van der Waals surface area contributed by atoms with E-state index in [4.69, 9.17) is 4.74 Å². The minimum Gasteiger partial charge on any atom is -0.494 e. The Hall–Kier alpha value is -2.81. The predicted octanol–water partition coefficient (Wildman–Crippen LogP) is 2.24. The first kappa shape index (κ1) is 18.5. The first-order chi connectivity index (χ1) is 11.8. The van der Waals surface area contributed by atoms with E-state index in [0.29, 0.717) is 11.3 Å². The molecule has 134 valence electrons. The highest BCUT2D eigenvalue weighted by atomic mass is 32.2. The summed E-state index contributed by atoms with van der Waals surface area (Å²) in [6, 6.07) is 6.00. The van der Waals surface area contributed by atoms with Crippen molar-refractivity contribution in [2.75, 3.05) is 22.9 Å². The molecule has 0 fully saturated rings. The number of carbonyl (C=O) groups excluding carboxylic acids is 2. The van der Waals surface area contributed by atoms with E-state index in [1.54, 1.807) is 6.07 Å². The summed E-state index contributed by atoms with van der Waals surface area (Å²) in [5.41, 5.74) is 1.34. The molecule has 1 aromatic carbocycles. The molecule has 0 spiro atoms. The molecular weight excluding hydrogens is 346 g/mol. The zero-order valence-corrected chi connectivity index (χ0v) is 14.9. The predicted molar refractivity (Wildman–Crippen MR) is 94.8 cm³/mol. The number of aromatic amines is 1. The number of ketones is 1. The van der Waals surface area contributed by atoms with Crippen LogP contribution in [0.2, 0.25) is 0 Å². The lowest BCUT2D eigenvalue weighted by molar-refractivity contribution is 0.101. The number of Topliss-reactive ketones (excluding diaryl/α,β-unsaturated/α-hetero) is 1. The molecule has 0 aliphatic carbocycles. The Morgan fingerprint density at radius 1 is 1.24 bits per heavy atom. The molecule has 0 saturated carbocycles. The van der Waals surface area contributed by atoms with Gasteiger partial charge in [-0.1, -0.05) is 0 Å². The number of methoxy groups -OCH3 is 1. The molecule has 0 atom stereocenters. The number of anilines is 2. The van der Waals surface area contributed by atoms with Crippen molar-refractivity contribution < 1.29 is 22.7 Å². The van der Waals surface area contributed by atoms with Gasteiger partial charge in [0.1, 0.15) is 11.4 Å². The summed E-state index contributed by atoms with van der Waals surface area (Å²) in [4.78, 5) is 26.2. The molecule has 8 nitrogen and oxygen atoms in total. The Balaban J connectivity index is 2.19. The smallest absolute Gasteiger partial charge is 0.272 e. The van der Waals surface area contributed by atoms with Gasteiger partial charge in [0, 0.05) is 23.5 Å². The van der Waals surface area contributed by atoms with Crippen LogP contribution in [-0.2, 0) is 10.0 Å². The quantitative estimate of drug-likeness (QED) is 0.651. The highest BCUT2D eigenvalue weighted by Crippen LogP contribution is 2.29. The Kier molecular flexibility index (Phi) is 5.48. The number of aromatic nitrogens is 1. The van der Waals surface area contributed by atoms with Crippen LogP contribution in [0.5, 0.6) is 5.75 Å². The van der Waals surface area contributed by atoms with Crippen molar-refractivity contribution in [3.05, 3.63) is 41.7 Å². The van der Waals surface area contributed by atoms with Gasteiger partial charge in [-0.2, -0.15) is 0 Å². The fourth-order valence-electron chi connectivity index (χ4n) is 2.02. The molecule has 2 rings (SSSR count). The lowest BCUT2D eigenvalue weighted by atomic mass is 10.2. The fraction of sp³-hybridized carbons (Fsp3) is 0.250. The average molecular weight is 365 g/mol. The van der Waals surface area contributed by atoms with E-state index in [-0.39, 0.29) is 28.7 Å². The molecule has 0 saturated heterocycles. The Labute approximate surface area is 145 Å². The zero-order chi connectivity index (χ0) is 18.6. The van der Waals surface area contributed by atoms with E-state index in [0.717, 1.165) is 0 Å². The van der Waals surface area contributed by atoms with Crippen LogP contribution in [0.15, 0.2) is 30.5 Å². The second kappa shape index (κ2) is 7.39. The maximum atomic E-state index is 12.2. The van der Waals surface area contributed by atoms with Crippen molar-refractivity contribution in [1.82, 2.24) is 4.98 Å². The topological polar surface area (TPSA) is 117 Å². The van der Waals surface area contributed by atoms with Crippen molar-refractivity contribution in [3.63, 3.8) is 0 Å². The number of nitrogens with one attached hydrogen (secondary N) is 3. The molecule has 3 N–H and O–H groups in total. The maximum absolute atomic E-state index is 12.2. The summed E-state index contributed by atoms with van der Waals surface area (Å²) in [6.07, 6.45) is 1.46. The molecular formula is C16H19N3O5S. The number of rotatable bonds is 7. The molecule has 0 aliphatic rings. The molecule has 0 bridgehead atoms. The second-order valence-corrected chi connectivity index (χ2v) is 7.24. The summed E-state index contributed by atoms with van der Waals surface area (Å²) in [7, 11) is -2.05. The van der Waals surface area contributed by atoms with Crippen LogP contribution >= 0.6 is 0 Å². The third-order valence-corrected chi connectivity index (χ3v) is 4.73. The summed E-state index contributed by atoms with van der Waals surface area (Å²) in [5.74, 6) is -0.383. The molecule has 0 unspecified atom stereocenters. The van der Waals surface area contributed by atoms with Crippen LogP contribution < -0.4 is 14.8 Å². The highest BCUT2D eigenvalue weighted by molar-refractivity contribution is 7.92. The van der Waals surface area contributed by atoms with Crippen LogP contribution in [0.1, 0.15) is 34.7 Å². The van der Waals surface area contributed by atoms with Gasteiger partial charge in [0.05, 0.1) is 18.6 Å². The lowest BCUT2D eigenvalue weighted by Gasteiger charge is -2.13. The lowest BCUT2D eigenvalue weighted by Crippen LogP contribution is -2.16. The summed E-state index contributed by atoms with van der Waals surface area (Å²) < 4.78 is 30.9. The van der Waals surface area contributed by atoms with Crippen molar-refractivity contribution in [1.29, 1.82) is 0 Å². The van der Waals surface area contributed by atoms with Gasteiger partial charge in [-0.25, -0.2) is 8.42 Å². The number of H-pyrrole nitrogens is 1. The number of ether oxygens (including phenoxy) is 1. The van der Waals surface area contributed by atoms with Gasteiger partial charge in [-0.3, -0.25) is 14.3 Å². The largest absolute Gasteiger partial charge is 0.494 e. The summed E-state index contributed by atoms with van der Waals surface area (Å²) >= 11 is 0. The van der Waals surface area contributed by atoms with E-state index in [1.165, 1.54) is 45.4 Å². The van der Waals surface area contributed by atoms with Crippen LogP contribution in [0.4, 0.5) is 11.4 Å². The Morgan fingerprint density at radius 3 is 2.52 bits per heavy atom. The molecule has 1 heterocycles. The summed E-state index contributed by atoms with van der Waals surface area (Å²) in [6.45, 7) is 2.93. The molecule has 1 amide bonds. The third-order valence-electron chi connectivity index (χ3n) is 3.44. The average Bonchev–Trinajstić information content (AvgIpc) is 3.06. The number of carbonyl (C=O) groups is 2. The van der Waals surface area contributed by atoms with Crippen molar-refractivity contribution >= 4 is 33.1 Å². The third kappa shape index (κ3) is 4.60. The first-order valence-electron chi connectivity index (χ1n) is 7.45. The minimum absolute atomic E-state index is 0.0695. The Bertz CT molecular complexity index is 902. The number of benzene rings is 1. The van der Waals surface area contributed by atoms with Crippen molar-refractivity contribution in [2.24, 2.45) is 0 Å². The number of hydrogen-bond donors (Lipinski definition) is 3. The molecule has 0 radical (unpaired) electrons. The number of sulfonamides is 1. The van der Waals surface area contributed by atoms with Gasteiger partial charge >= 0.3 is 0 Å². The second-order valence-electron chi connectivity index (χ2n) is 5.23. The van der Waals surface area contributed by atoms with Gasteiger partial charge < -0.3 is 15.0 Å². The standard InChI is InChI=1S/C16H19N3O5S/c1-4-25(22,23)19-13-6-5-12(8-15(13)24-3)18-16(21)14-7-11(9-17-14)10(2)20/h5-9,17,19H,4H2,1-3H3,(H,18,21). The Morgan fingerprint density at radius 2 is 1.96 bits per heavy atom. The van der Waals surface area contributed by atoms with E-state index < -0.39 is 15.9 Å². The van der Waals surface area contributed by atoms with Gasteiger partial charge in [-0.15, -0.1) is 0 Å². The van der Waals surface area contributed by atoms with Crippen LogP contribution in [0.25, 0.3) is 0 Å². The van der Waals surface area contributed by atoms with Gasteiger partial charge in [0.15, 0.2) is 5.78 Å². The molecule has 9 heteroatoms. The first-order valence-corrected chi connectivity index (χ1v) is 9.10. The van der Waals surface area contributed by atoms with Gasteiger partial charge in [-0.05, 0) is 32.0 Å². The van der Waals surface area contributed by atoms with Gasteiger partial charge in [0.25, 0.3) is 5.91 Å². The molecule has 2 aromatic rings. The zero-order valence-electron chi connectivity index (χ0n) is 14.0. The monoisotopic (exact) mass is 365 g/mol. The molecule has 25 heavy (non-hydrogen) atoms. The fourth-order valence-corrected chi connectivity index (χ4v) is 2.67. The van der Waals surface area contributed by atoms with Crippen molar-refractivity contribution in [3.8, 4) is 5.75 Å². The molecule has 0 aliphatic heterocycles. The van der Waals surface area contributed by atoms with E-state index in [2.05, 4.69) is 15.0 Å². The van der Waals surface area contributed by atoms with Crippen LogP contribution in [0.3, 0.4) is 0 Å². The molecule has 1 aromatic heterocycles. The van der Waals surface area contributed by atoms with Crippen molar-refractivity contribution in [2.45, 2.75) is 13.8 Å². The van der Waals surface area contributed by atoms with E-state index in [1.807, 2.05) is 0 Å². The number of hydrogen-bond acceptors (Lipinski definition) is 5. The SMILES string of the molecule is CCS(=O)(=O)Nc1ccc(NC(=O)c2cc(C(C)=O)c[nH]2)cc1OC. The normalized spacial score (nSPS) is 11.0. The highest BCUT2D eigenvalue weighted by Gasteiger charge is 2.14. The summed E-state index contributed by atoms with van der Waals surface area (Å²) in [5, 5.41) is 2.65. The van der Waals surface area contributed by atoms with Crippen LogP contribution in [0, 0.1) is 0 Å². The van der Waals surface area contributed by atoms with E-state index >= 15 is 0 Å².